The van der Waals surface area contributed by atoms with Gasteiger partial charge in [-0.1, -0.05) is 37.3 Å². The van der Waals surface area contributed by atoms with Crippen LogP contribution in [0.25, 0.3) is 0 Å². The Hall–Kier alpha value is -2.49. The summed E-state index contributed by atoms with van der Waals surface area (Å²) in [7, 11) is 3.17. The number of nitrogens with one attached hydrogen (secondary N) is 1. The number of rotatable bonds is 6. The van der Waals surface area contributed by atoms with E-state index in [2.05, 4.69) is 12.2 Å². The second-order valence-corrected chi connectivity index (χ2v) is 5.59. The molecule has 2 rings (SSSR count). The molecule has 0 aliphatic carbocycles. The van der Waals surface area contributed by atoms with Crippen LogP contribution < -0.4 is 14.8 Å². The first-order valence-electron chi connectivity index (χ1n) is 7.62. The Balaban J connectivity index is 2.08. The van der Waals surface area contributed by atoms with Crippen LogP contribution in [0.2, 0.25) is 0 Å². The van der Waals surface area contributed by atoms with Crippen LogP contribution in [-0.2, 0) is 4.79 Å². The molecular formula is C19H23NO3. The normalized spacial score (nSPS) is 11.7. The molecule has 1 N–H and O–H groups in total. The minimum Gasteiger partial charge on any atom is -0.493 e. The Morgan fingerprint density at radius 2 is 1.70 bits per heavy atom. The summed E-state index contributed by atoms with van der Waals surface area (Å²) in [6, 6.07) is 13.7. The standard InChI is InChI=1S/C19H23NO3/c1-13(15-8-6-5-7-9-15)11-19(21)20-16-12-18(23-4)17(22-3)10-14(16)2/h5-10,12-13H,11H2,1-4H3,(H,20,21)/t13-/m1/s1. The molecular weight excluding hydrogens is 290 g/mol. The van der Waals surface area contributed by atoms with E-state index in [0.717, 1.165) is 16.8 Å². The van der Waals surface area contributed by atoms with Gasteiger partial charge in [-0.2, -0.15) is 0 Å². The van der Waals surface area contributed by atoms with Gasteiger partial charge in [0.1, 0.15) is 0 Å². The Kier molecular flexibility index (Phi) is 5.63. The van der Waals surface area contributed by atoms with E-state index < -0.39 is 0 Å². The van der Waals surface area contributed by atoms with Gasteiger partial charge in [-0.3, -0.25) is 4.79 Å². The summed E-state index contributed by atoms with van der Waals surface area (Å²) in [5, 5.41) is 2.96. The number of benzene rings is 2. The predicted octanol–water partition coefficient (Wildman–Crippen LogP) is 4.14. The predicted molar refractivity (Wildman–Crippen MR) is 92.4 cm³/mol. The van der Waals surface area contributed by atoms with Crippen LogP contribution in [0, 0.1) is 6.92 Å². The third-order valence-corrected chi connectivity index (χ3v) is 3.86. The van der Waals surface area contributed by atoms with E-state index in [1.807, 2.05) is 43.3 Å². The molecule has 0 unspecified atom stereocenters. The van der Waals surface area contributed by atoms with Gasteiger partial charge in [0.2, 0.25) is 5.91 Å². The molecule has 0 saturated heterocycles. The summed E-state index contributed by atoms with van der Waals surface area (Å²) in [4.78, 5) is 12.3. The van der Waals surface area contributed by atoms with Crippen LogP contribution in [0.3, 0.4) is 0 Å². The molecule has 0 heterocycles. The van der Waals surface area contributed by atoms with Crippen LogP contribution in [-0.4, -0.2) is 20.1 Å². The first kappa shape index (κ1) is 16.9. The van der Waals surface area contributed by atoms with Crippen molar-refractivity contribution in [1.82, 2.24) is 0 Å². The largest absolute Gasteiger partial charge is 0.493 e. The van der Waals surface area contributed by atoms with Gasteiger partial charge in [0.15, 0.2) is 11.5 Å². The van der Waals surface area contributed by atoms with Crippen LogP contribution in [0.5, 0.6) is 11.5 Å². The van der Waals surface area contributed by atoms with E-state index in [-0.39, 0.29) is 11.8 Å². The van der Waals surface area contributed by atoms with Crippen LogP contribution in [0.1, 0.15) is 30.4 Å². The van der Waals surface area contributed by atoms with Crippen LogP contribution in [0.15, 0.2) is 42.5 Å². The lowest BCUT2D eigenvalue weighted by atomic mass is 9.97. The fourth-order valence-electron chi connectivity index (χ4n) is 2.49. The number of aryl methyl sites for hydroxylation is 1. The van der Waals surface area contributed by atoms with E-state index in [0.29, 0.717) is 17.9 Å². The van der Waals surface area contributed by atoms with E-state index >= 15 is 0 Å². The van der Waals surface area contributed by atoms with E-state index in [9.17, 15) is 4.79 Å². The van der Waals surface area contributed by atoms with Crippen LogP contribution in [0.4, 0.5) is 5.69 Å². The number of hydrogen-bond donors (Lipinski definition) is 1. The number of carbonyl (C=O) groups excluding carboxylic acids is 1. The smallest absolute Gasteiger partial charge is 0.224 e. The van der Waals surface area contributed by atoms with Crippen molar-refractivity contribution < 1.29 is 14.3 Å². The highest BCUT2D eigenvalue weighted by Gasteiger charge is 2.14. The van der Waals surface area contributed by atoms with Crippen molar-refractivity contribution in [2.45, 2.75) is 26.2 Å². The number of amides is 1. The molecule has 122 valence electrons. The Bertz CT molecular complexity index is 668. The van der Waals surface area contributed by atoms with E-state index in [1.165, 1.54) is 0 Å². The molecule has 2 aromatic rings. The van der Waals surface area contributed by atoms with Gasteiger partial charge in [-0.15, -0.1) is 0 Å². The first-order valence-corrected chi connectivity index (χ1v) is 7.62. The van der Waals surface area contributed by atoms with Gasteiger partial charge in [-0.05, 0) is 30.0 Å². The van der Waals surface area contributed by atoms with Gasteiger partial charge in [0, 0.05) is 18.2 Å². The zero-order valence-corrected chi connectivity index (χ0v) is 14.1. The highest BCUT2D eigenvalue weighted by atomic mass is 16.5. The summed E-state index contributed by atoms with van der Waals surface area (Å²) >= 11 is 0. The van der Waals surface area contributed by atoms with E-state index in [1.54, 1.807) is 20.3 Å². The SMILES string of the molecule is COc1cc(C)c(NC(=O)C[C@@H](C)c2ccccc2)cc1OC. The lowest BCUT2D eigenvalue weighted by molar-refractivity contribution is -0.116. The van der Waals surface area contributed by atoms with Gasteiger partial charge in [0.25, 0.3) is 0 Å². The summed E-state index contributed by atoms with van der Waals surface area (Å²) in [6.07, 6.45) is 0.428. The molecule has 1 amide bonds. The zero-order chi connectivity index (χ0) is 16.8. The van der Waals surface area contributed by atoms with Crippen molar-refractivity contribution in [3.05, 3.63) is 53.6 Å². The molecule has 0 radical (unpaired) electrons. The Labute approximate surface area is 137 Å². The van der Waals surface area contributed by atoms with Gasteiger partial charge >= 0.3 is 0 Å². The molecule has 0 aliphatic heterocycles. The van der Waals surface area contributed by atoms with Crippen LogP contribution >= 0.6 is 0 Å². The molecule has 0 bridgehead atoms. The summed E-state index contributed by atoms with van der Waals surface area (Å²) in [5.41, 5.74) is 2.84. The molecule has 4 nitrogen and oxygen atoms in total. The zero-order valence-electron chi connectivity index (χ0n) is 14.1. The van der Waals surface area contributed by atoms with Gasteiger partial charge in [-0.25, -0.2) is 0 Å². The average molecular weight is 313 g/mol. The molecule has 0 aromatic heterocycles. The van der Waals surface area contributed by atoms with Crippen molar-refractivity contribution in [2.75, 3.05) is 19.5 Å². The van der Waals surface area contributed by atoms with Crippen molar-refractivity contribution in [3.63, 3.8) is 0 Å². The second-order valence-electron chi connectivity index (χ2n) is 5.59. The average Bonchev–Trinajstić information content (AvgIpc) is 2.56. The molecule has 0 saturated carbocycles. The highest BCUT2D eigenvalue weighted by Crippen LogP contribution is 2.33. The fourth-order valence-corrected chi connectivity index (χ4v) is 2.49. The molecule has 2 aromatic carbocycles. The van der Waals surface area contributed by atoms with Crippen molar-refractivity contribution in [3.8, 4) is 11.5 Å². The number of anilines is 1. The Morgan fingerprint density at radius 3 is 2.30 bits per heavy atom. The quantitative estimate of drug-likeness (QED) is 0.871. The molecule has 23 heavy (non-hydrogen) atoms. The lowest BCUT2D eigenvalue weighted by Gasteiger charge is -2.15. The minimum atomic E-state index is -0.0170. The number of carbonyl (C=O) groups is 1. The molecule has 0 aliphatic rings. The van der Waals surface area contributed by atoms with Crippen molar-refractivity contribution >= 4 is 11.6 Å². The van der Waals surface area contributed by atoms with E-state index in [4.69, 9.17) is 9.47 Å². The summed E-state index contributed by atoms with van der Waals surface area (Å²) < 4.78 is 10.5. The summed E-state index contributed by atoms with van der Waals surface area (Å²) in [6.45, 7) is 3.98. The second kappa shape index (κ2) is 7.68. The van der Waals surface area contributed by atoms with Crippen molar-refractivity contribution in [1.29, 1.82) is 0 Å². The minimum absolute atomic E-state index is 0.0170. The third-order valence-electron chi connectivity index (χ3n) is 3.86. The third kappa shape index (κ3) is 4.25. The molecule has 4 heteroatoms. The van der Waals surface area contributed by atoms with Crippen molar-refractivity contribution in [2.24, 2.45) is 0 Å². The topological polar surface area (TPSA) is 47.6 Å². The first-order chi connectivity index (χ1) is 11.0. The maximum Gasteiger partial charge on any atom is 0.224 e. The Morgan fingerprint density at radius 1 is 1.09 bits per heavy atom. The van der Waals surface area contributed by atoms with Gasteiger partial charge < -0.3 is 14.8 Å². The van der Waals surface area contributed by atoms with Gasteiger partial charge in [0.05, 0.1) is 14.2 Å². The molecule has 0 fully saturated rings. The lowest BCUT2D eigenvalue weighted by Crippen LogP contribution is -2.15. The number of ether oxygens (including phenoxy) is 2. The maximum absolute atomic E-state index is 12.3. The summed E-state index contributed by atoms with van der Waals surface area (Å²) in [5.74, 6) is 1.40. The highest BCUT2D eigenvalue weighted by molar-refractivity contribution is 5.92. The fraction of sp³-hybridized carbons (Fsp3) is 0.316. The maximum atomic E-state index is 12.3. The molecule has 0 spiro atoms. The number of methoxy groups -OCH3 is 2. The number of hydrogen-bond acceptors (Lipinski definition) is 3. The monoisotopic (exact) mass is 313 g/mol. The molecule has 1 atom stereocenters.